The molecule has 0 saturated carbocycles. The zero-order valence-corrected chi connectivity index (χ0v) is 14.4. The van der Waals surface area contributed by atoms with E-state index in [1.54, 1.807) is 36.1 Å². The fourth-order valence-electron chi connectivity index (χ4n) is 2.45. The second-order valence-electron chi connectivity index (χ2n) is 6.39. The van der Waals surface area contributed by atoms with Gasteiger partial charge in [0.15, 0.2) is 6.10 Å². The molecule has 1 atom stereocenters. The van der Waals surface area contributed by atoms with Gasteiger partial charge in [0.05, 0.1) is 5.56 Å². The molecule has 0 aromatic heterocycles. The predicted octanol–water partition coefficient (Wildman–Crippen LogP) is 2.13. The Balaban J connectivity index is 1.99. The van der Waals surface area contributed by atoms with E-state index < -0.39 is 12.1 Å². The van der Waals surface area contributed by atoms with Crippen LogP contribution in [0.25, 0.3) is 0 Å². The van der Waals surface area contributed by atoms with Gasteiger partial charge in [-0.1, -0.05) is 19.9 Å². The molecule has 1 fully saturated rings. The highest BCUT2D eigenvalue weighted by molar-refractivity contribution is 5.98. The predicted molar refractivity (Wildman–Crippen MR) is 90.8 cm³/mol. The molecule has 1 aliphatic heterocycles. The van der Waals surface area contributed by atoms with E-state index in [0.29, 0.717) is 36.7 Å². The van der Waals surface area contributed by atoms with Crippen LogP contribution in [0.2, 0.25) is 0 Å². The number of amides is 2. The van der Waals surface area contributed by atoms with Crippen molar-refractivity contribution in [2.24, 2.45) is 5.92 Å². The normalized spacial score (nSPS) is 15.5. The van der Waals surface area contributed by atoms with E-state index in [-0.39, 0.29) is 11.8 Å². The molecular formula is C18H24N2O4. The number of carbonyl (C=O) groups is 3. The molecule has 6 heteroatoms. The van der Waals surface area contributed by atoms with Crippen molar-refractivity contribution in [2.75, 3.05) is 18.0 Å². The van der Waals surface area contributed by atoms with Gasteiger partial charge in [0, 0.05) is 25.2 Å². The zero-order valence-electron chi connectivity index (χ0n) is 14.4. The molecule has 24 heavy (non-hydrogen) atoms. The lowest BCUT2D eigenvalue weighted by atomic mass is 10.2. The summed E-state index contributed by atoms with van der Waals surface area (Å²) in [6.07, 6.45) is 0.482. The summed E-state index contributed by atoms with van der Waals surface area (Å²) in [6, 6.07) is 6.75. The molecule has 2 rings (SSSR count). The van der Waals surface area contributed by atoms with Crippen molar-refractivity contribution in [1.82, 2.24) is 5.32 Å². The number of nitrogens with one attached hydrogen (secondary N) is 1. The fraction of sp³-hybridized carbons (Fsp3) is 0.500. The standard InChI is InChI=1S/C18H24N2O4/c1-12(2)11-19-17(22)13(3)24-18(23)14-6-4-7-15(10-14)20-9-5-8-16(20)21/h4,6-7,10,12-13H,5,8-9,11H2,1-3H3,(H,19,22)/t13-/m1/s1. The Hall–Kier alpha value is -2.37. The Morgan fingerprint density at radius 2 is 2.04 bits per heavy atom. The van der Waals surface area contributed by atoms with Crippen LogP contribution in [-0.4, -0.2) is 37.0 Å². The van der Waals surface area contributed by atoms with Gasteiger partial charge in [-0.05, 0) is 37.5 Å². The smallest absolute Gasteiger partial charge is 0.338 e. The number of ether oxygens (including phenoxy) is 1. The maximum absolute atomic E-state index is 12.2. The molecule has 0 aliphatic carbocycles. The van der Waals surface area contributed by atoms with E-state index in [9.17, 15) is 14.4 Å². The highest BCUT2D eigenvalue weighted by atomic mass is 16.5. The van der Waals surface area contributed by atoms with E-state index in [1.165, 1.54) is 0 Å². The second-order valence-corrected chi connectivity index (χ2v) is 6.39. The van der Waals surface area contributed by atoms with Gasteiger partial charge in [-0.3, -0.25) is 9.59 Å². The van der Waals surface area contributed by atoms with Gasteiger partial charge in [-0.15, -0.1) is 0 Å². The molecule has 2 amide bonds. The van der Waals surface area contributed by atoms with Crippen LogP contribution in [0, 0.1) is 5.92 Å². The summed E-state index contributed by atoms with van der Waals surface area (Å²) < 4.78 is 5.22. The van der Waals surface area contributed by atoms with Crippen LogP contribution >= 0.6 is 0 Å². The Morgan fingerprint density at radius 3 is 2.67 bits per heavy atom. The molecule has 0 unspecified atom stereocenters. The molecule has 1 aromatic carbocycles. The molecule has 0 spiro atoms. The zero-order chi connectivity index (χ0) is 17.7. The first-order valence-corrected chi connectivity index (χ1v) is 8.27. The summed E-state index contributed by atoms with van der Waals surface area (Å²) in [7, 11) is 0. The number of anilines is 1. The lowest BCUT2D eigenvalue weighted by molar-refractivity contribution is -0.129. The number of rotatable bonds is 6. The minimum Gasteiger partial charge on any atom is -0.449 e. The Kier molecular flexibility index (Phi) is 5.95. The van der Waals surface area contributed by atoms with Crippen molar-refractivity contribution < 1.29 is 19.1 Å². The van der Waals surface area contributed by atoms with Gasteiger partial charge in [-0.25, -0.2) is 4.79 Å². The topological polar surface area (TPSA) is 75.7 Å². The molecule has 0 bridgehead atoms. The van der Waals surface area contributed by atoms with Crippen LogP contribution < -0.4 is 10.2 Å². The Bertz CT molecular complexity index is 627. The lowest BCUT2D eigenvalue weighted by Gasteiger charge is -2.17. The molecule has 0 radical (unpaired) electrons. The van der Waals surface area contributed by atoms with E-state index in [4.69, 9.17) is 4.74 Å². The van der Waals surface area contributed by atoms with E-state index in [1.807, 2.05) is 13.8 Å². The maximum Gasteiger partial charge on any atom is 0.338 e. The van der Waals surface area contributed by atoms with Crippen LogP contribution in [0.1, 0.15) is 44.0 Å². The number of nitrogens with zero attached hydrogens (tertiary/aromatic N) is 1. The van der Waals surface area contributed by atoms with Crippen LogP contribution in [0.5, 0.6) is 0 Å². The monoisotopic (exact) mass is 332 g/mol. The first-order valence-electron chi connectivity index (χ1n) is 8.27. The molecule has 1 N–H and O–H groups in total. The first-order chi connectivity index (χ1) is 11.4. The molecule has 6 nitrogen and oxygen atoms in total. The summed E-state index contributed by atoms with van der Waals surface area (Å²) in [6.45, 7) is 6.71. The van der Waals surface area contributed by atoms with Crippen molar-refractivity contribution in [1.29, 1.82) is 0 Å². The van der Waals surface area contributed by atoms with Gasteiger partial charge in [-0.2, -0.15) is 0 Å². The van der Waals surface area contributed by atoms with E-state index in [2.05, 4.69) is 5.32 Å². The average Bonchev–Trinajstić information content (AvgIpc) is 2.98. The number of hydrogen-bond donors (Lipinski definition) is 1. The highest BCUT2D eigenvalue weighted by Gasteiger charge is 2.23. The summed E-state index contributed by atoms with van der Waals surface area (Å²) in [4.78, 5) is 37.6. The Morgan fingerprint density at radius 1 is 1.29 bits per heavy atom. The molecule has 1 aromatic rings. The van der Waals surface area contributed by atoms with Crippen LogP contribution in [-0.2, 0) is 14.3 Å². The average molecular weight is 332 g/mol. The number of hydrogen-bond acceptors (Lipinski definition) is 4. The third kappa shape index (κ3) is 4.57. The molecule has 1 heterocycles. The van der Waals surface area contributed by atoms with Gasteiger partial charge in [0.2, 0.25) is 5.91 Å². The fourth-order valence-corrected chi connectivity index (χ4v) is 2.45. The summed E-state index contributed by atoms with van der Waals surface area (Å²) in [5.41, 5.74) is 1.01. The minimum atomic E-state index is -0.867. The van der Waals surface area contributed by atoms with Gasteiger partial charge in [0.25, 0.3) is 5.91 Å². The van der Waals surface area contributed by atoms with E-state index >= 15 is 0 Å². The maximum atomic E-state index is 12.2. The third-order valence-corrected chi connectivity index (χ3v) is 3.80. The van der Waals surface area contributed by atoms with Crippen molar-refractivity contribution in [2.45, 2.75) is 39.7 Å². The third-order valence-electron chi connectivity index (χ3n) is 3.80. The Labute approximate surface area is 142 Å². The highest BCUT2D eigenvalue weighted by Crippen LogP contribution is 2.22. The van der Waals surface area contributed by atoms with Crippen molar-refractivity contribution in [3.05, 3.63) is 29.8 Å². The van der Waals surface area contributed by atoms with Gasteiger partial charge >= 0.3 is 5.97 Å². The second kappa shape index (κ2) is 7.95. The summed E-state index contributed by atoms with van der Waals surface area (Å²) in [5.74, 6) is -0.507. The summed E-state index contributed by atoms with van der Waals surface area (Å²) >= 11 is 0. The molecule has 1 aliphatic rings. The lowest BCUT2D eigenvalue weighted by Crippen LogP contribution is -2.37. The quantitative estimate of drug-likeness (QED) is 0.810. The van der Waals surface area contributed by atoms with Crippen LogP contribution in [0.15, 0.2) is 24.3 Å². The molecular weight excluding hydrogens is 308 g/mol. The number of esters is 1. The largest absolute Gasteiger partial charge is 0.449 e. The summed E-state index contributed by atoms with van der Waals surface area (Å²) in [5, 5.41) is 2.73. The molecule has 130 valence electrons. The van der Waals surface area contributed by atoms with Crippen LogP contribution in [0.3, 0.4) is 0 Å². The van der Waals surface area contributed by atoms with E-state index in [0.717, 1.165) is 6.42 Å². The molecule has 1 saturated heterocycles. The van der Waals surface area contributed by atoms with Gasteiger partial charge < -0.3 is 15.0 Å². The van der Waals surface area contributed by atoms with Gasteiger partial charge in [0.1, 0.15) is 0 Å². The SMILES string of the molecule is CC(C)CNC(=O)[C@@H](C)OC(=O)c1cccc(N2CCCC2=O)c1. The van der Waals surface area contributed by atoms with Crippen molar-refractivity contribution in [3.63, 3.8) is 0 Å². The van der Waals surface area contributed by atoms with Crippen molar-refractivity contribution >= 4 is 23.5 Å². The van der Waals surface area contributed by atoms with Crippen LogP contribution in [0.4, 0.5) is 5.69 Å². The number of benzene rings is 1. The minimum absolute atomic E-state index is 0.0574. The van der Waals surface area contributed by atoms with Crippen molar-refractivity contribution in [3.8, 4) is 0 Å². The first kappa shape index (κ1) is 18.0. The number of carbonyl (C=O) groups excluding carboxylic acids is 3.